The van der Waals surface area contributed by atoms with Crippen molar-refractivity contribution in [2.75, 3.05) is 6.16 Å². The Labute approximate surface area is 63.2 Å². The minimum atomic E-state index is -3.74. The van der Waals surface area contributed by atoms with E-state index in [9.17, 15) is 9.36 Å². The summed E-state index contributed by atoms with van der Waals surface area (Å²) in [5, 5.41) is 8.06. The van der Waals surface area contributed by atoms with Crippen LogP contribution in [-0.4, -0.2) is 22.1 Å². The van der Waals surface area contributed by atoms with Gasteiger partial charge in [0.05, 0.1) is 12.6 Å². The van der Waals surface area contributed by atoms with Crippen LogP contribution < -0.4 is 0 Å². The monoisotopic (exact) mass is 186 g/mol. The van der Waals surface area contributed by atoms with Crippen LogP contribution in [0.25, 0.3) is 0 Å². The van der Waals surface area contributed by atoms with E-state index < -0.39 is 26.1 Å². The average Bonchev–Trinajstić information content (AvgIpc) is 1.85. The number of hydrogen-bond acceptors (Lipinski definition) is 4. The zero-order valence-electron chi connectivity index (χ0n) is 4.93. The molecule has 7 heteroatoms. The van der Waals surface area contributed by atoms with Gasteiger partial charge in [-0.05, 0) is 12.9 Å². The summed E-state index contributed by atoms with van der Waals surface area (Å²) in [5.74, 6) is -1.14. The van der Waals surface area contributed by atoms with E-state index in [0.29, 0.717) is 0 Å². The van der Waals surface area contributed by atoms with Gasteiger partial charge in [0, 0.05) is 0 Å². The molecule has 0 aliphatic heterocycles. The fourth-order valence-electron chi connectivity index (χ4n) is 0.278. The number of carbonyl (C=O) groups is 1. The summed E-state index contributed by atoms with van der Waals surface area (Å²) in [6, 6.07) is 0. The van der Waals surface area contributed by atoms with Crippen LogP contribution in [0.3, 0.4) is 0 Å². The number of aliphatic carboxylic acids is 1. The Kier molecular flexibility index (Phi) is 3.96. The molecule has 0 radical (unpaired) electrons. The number of thiol groups is 1. The molecule has 2 N–H and O–H groups in total. The zero-order valence-corrected chi connectivity index (χ0v) is 6.72. The van der Waals surface area contributed by atoms with Gasteiger partial charge in [0.1, 0.15) is 0 Å². The maximum absolute atomic E-state index is 10.5. The Morgan fingerprint density at radius 3 is 2.50 bits per heavy atom. The highest BCUT2D eigenvalue weighted by atomic mass is 32.1. The highest BCUT2D eigenvalue weighted by molar-refractivity contribution is 7.81. The number of rotatable bonds is 4. The fourth-order valence-corrected chi connectivity index (χ4v) is 1.08. The van der Waals surface area contributed by atoms with E-state index in [0.717, 1.165) is 0 Å². The Morgan fingerprint density at radius 2 is 2.20 bits per heavy atom. The lowest BCUT2D eigenvalue weighted by atomic mass is 10.5. The standard InChI is InChI=1S/C3H7O5PS/c4-3(5)1-2-9(6,7)8-10/h10H,1-2H2,(H,4,5)(H,6,7). The predicted octanol–water partition coefficient (Wildman–Crippen LogP) is 0.508. The van der Waals surface area contributed by atoms with Gasteiger partial charge >= 0.3 is 13.6 Å². The summed E-state index contributed by atoms with van der Waals surface area (Å²) in [4.78, 5) is 18.4. The Hall–Kier alpha value is -0.0300. The lowest BCUT2D eigenvalue weighted by Crippen LogP contribution is -1.99. The average molecular weight is 186 g/mol. The molecule has 60 valence electrons. The second-order valence-corrected chi connectivity index (χ2v) is 3.96. The van der Waals surface area contributed by atoms with Crippen molar-refractivity contribution in [2.45, 2.75) is 6.42 Å². The third kappa shape index (κ3) is 4.81. The van der Waals surface area contributed by atoms with Gasteiger partial charge in [-0.3, -0.25) is 9.36 Å². The Bertz CT molecular complexity index is 168. The molecule has 0 saturated heterocycles. The fraction of sp³-hybridized carbons (Fsp3) is 0.667. The Balaban J connectivity index is 3.68. The van der Waals surface area contributed by atoms with Crippen LogP contribution in [0.4, 0.5) is 0 Å². The molecule has 1 atom stereocenters. The summed E-state index contributed by atoms with van der Waals surface area (Å²) < 4.78 is 14.3. The molecular formula is C3H7O5PS. The molecule has 0 bridgehead atoms. The first-order valence-electron chi connectivity index (χ1n) is 2.35. The van der Waals surface area contributed by atoms with Crippen LogP contribution in [-0.2, 0) is 13.3 Å². The third-order valence-corrected chi connectivity index (χ3v) is 2.55. The molecule has 0 amide bonds. The molecule has 0 fully saturated rings. The molecule has 0 heterocycles. The van der Waals surface area contributed by atoms with Crippen molar-refractivity contribution in [3.05, 3.63) is 0 Å². The Morgan fingerprint density at radius 1 is 1.70 bits per heavy atom. The predicted molar refractivity (Wildman–Crippen MR) is 37.0 cm³/mol. The van der Waals surface area contributed by atoms with E-state index in [1.165, 1.54) is 0 Å². The van der Waals surface area contributed by atoms with Gasteiger partial charge in [-0.25, -0.2) is 3.97 Å². The van der Waals surface area contributed by atoms with Crippen LogP contribution in [0.1, 0.15) is 6.42 Å². The first kappa shape index (κ1) is 9.97. The molecule has 10 heavy (non-hydrogen) atoms. The largest absolute Gasteiger partial charge is 0.481 e. The SMILES string of the molecule is O=C(O)CCP(=O)(O)OS. The molecule has 1 unspecified atom stereocenters. The van der Waals surface area contributed by atoms with Crippen molar-refractivity contribution in [1.29, 1.82) is 0 Å². The first-order valence-corrected chi connectivity index (χ1v) is 4.47. The van der Waals surface area contributed by atoms with E-state index in [1.54, 1.807) is 0 Å². The molecule has 0 aromatic carbocycles. The summed E-state index contributed by atoms with van der Waals surface area (Å²) in [6.07, 6.45) is -0.805. The minimum absolute atomic E-state index is 0.395. The second kappa shape index (κ2) is 3.98. The summed E-state index contributed by atoms with van der Waals surface area (Å²) in [7, 11) is -3.74. The van der Waals surface area contributed by atoms with Gasteiger partial charge in [0.25, 0.3) is 0 Å². The van der Waals surface area contributed by atoms with E-state index in [4.69, 9.17) is 10.00 Å². The van der Waals surface area contributed by atoms with Crippen molar-refractivity contribution in [3.63, 3.8) is 0 Å². The van der Waals surface area contributed by atoms with E-state index in [-0.39, 0.29) is 0 Å². The van der Waals surface area contributed by atoms with Crippen molar-refractivity contribution >= 4 is 26.5 Å². The molecule has 0 spiro atoms. The van der Waals surface area contributed by atoms with Gasteiger partial charge in [0.15, 0.2) is 0 Å². The van der Waals surface area contributed by atoms with Gasteiger partial charge in [-0.2, -0.15) is 0 Å². The third-order valence-electron chi connectivity index (χ3n) is 0.736. The van der Waals surface area contributed by atoms with Crippen LogP contribution in [0.2, 0.25) is 0 Å². The molecule has 0 rings (SSSR count). The minimum Gasteiger partial charge on any atom is -0.481 e. The van der Waals surface area contributed by atoms with Crippen LogP contribution >= 0.6 is 20.5 Å². The summed E-state index contributed by atoms with van der Waals surface area (Å²) >= 11 is 3.10. The molecule has 0 saturated carbocycles. The van der Waals surface area contributed by atoms with Crippen molar-refractivity contribution in [3.8, 4) is 0 Å². The van der Waals surface area contributed by atoms with E-state index in [2.05, 4.69) is 16.9 Å². The molecule has 0 aliphatic rings. The second-order valence-electron chi connectivity index (χ2n) is 1.59. The lowest BCUT2D eigenvalue weighted by Gasteiger charge is -2.03. The maximum atomic E-state index is 10.5. The van der Waals surface area contributed by atoms with E-state index >= 15 is 0 Å². The van der Waals surface area contributed by atoms with Crippen molar-refractivity contribution < 1.29 is 23.3 Å². The highest BCUT2D eigenvalue weighted by Gasteiger charge is 2.18. The maximum Gasteiger partial charge on any atom is 0.339 e. The van der Waals surface area contributed by atoms with Gasteiger partial charge in [0.2, 0.25) is 0 Å². The number of hydrogen-bond donors (Lipinski definition) is 3. The smallest absolute Gasteiger partial charge is 0.339 e. The number of carboxylic acids is 1. The molecule has 0 aromatic heterocycles. The van der Waals surface area contributed by atoms with Crippen LogP contribution in [0.5, 0.6) is 0 Å². The topological polar surface area (TPSA) is 83.8 Å². The van der Waals surface area contributed by atoms with Gasteiger partial charge < -0.3 is 10.00 Å². The van der Waals surface area contributed by atoms with Gasteiger partial charge in [-0.1, -0.05) is 0 Å². The van der Waals surface area contributed by atoms with Crippen LogP contribution in [0, 0.1) is 0 Å². The first-order chi connectivity index (χ1) is 4.48. The molecule has 5 nitrogen and oxygen atoms in total. The quantitative estimate of drug-likeness (QED) is 0.338. The van der Waals surface area contributed by atoms with Crippen molar-refractivity contribution in [1.82, 2.24) is 0 Å². The number of carboxylic acid groups (broad SMARTS) is 1. The molecule has 0 aromatic rings. The summed E-state index contributed by atoms with van der Waals surface area (Å²) in [6.45, 7) is 0. The van der Waals surface area contributed by atoms with Gasteiger partial charge in [-0.15, -0.1) is 0 Å². The normalized spacial score (nSPS) is 16.2. The molecule has 0 aliphatic carbocycles. The van der Waals surface area contributed by atoms with Crippen molar-refractivity contribution in [2.24, 2.45) is 0 Å². The van der Waals surface area contributed by atoms with Crippen LogP contribution in [0.15, 0.2) is 0 Å². The zero-order chi connectivity index (χ0) is 8.20. The molecular weight excluding hydrogens is 179 g/mol. The highest BCUT2D eigenvalue weighted by Crippen LogP contribution is 2.43. The summed E-state index contributed by atoms with van der Waals surface area (Å²) in [5.41, 5.74) is 0. The lowest BCUT2D eigenvalue weighted by molar-refractivity contribution is -0.136. The van der Waals surface area contributed by atoms with E-state index in [1.807, 2.05) is 0 Å².